The Morgan fingerprint density at radius 2 is 1.90 bits per heavy atom. The van der Waals surface area contributed by atoms with E-state index in [4.69, 9.17) is 14.2 Å². The summed E-state index contributed by atoms with van der Waals surface area (Å²) in [6, 6.07) is -0.279. The Hall–Kier alpha value is -0.790. The van der Waals surface area contributed by atoms with E-state index in [0.29, 0.717) is 26.5 Å². The number of ether oxygens (including phenoxy) is 3. The van der Waals surface area contributed by atoms with E-state index in [2.05, 4.69) is 12.2 Å². The molecule has 1 N–H and O–H groups in total. The van der Waals surface area contributed by atoms with Gasteiger partial charge in [0.1, 0.15) is 12.6 Å². The Balaban J connectivity index is 0.00000400. The highest BCUT2D eigenvalue weighted by molar-refractivity contribution is 8.93. The van der Waals surface area contributed by atoms with Crippen LogP contribution in [-0.2, 0) is 19.0 Å². The number of rotatable bonds is 11. The summed E-state index contributed by atoms with van der Waals surface area (Å²) < 4.78 is 15.8. The topological polar surface area (TPSA) is 60.0 Å². The van der Waals surface area contributed by atoms with Crippen LogP contribution in [0.2, 0.25) is 0 Å². The lowest BCUT2D eigenvalue weighted by molar-refractivity contribution is -0.150. The molecule has 1 heterocycles. The van der Waals surface area contributed by atoms with Gasteiger partial charge in [-0.15, -0.1) is 17.0 Å². The molecule has 1 rings (SSSR count). The fraction of sp³-hybridized carbons (Fsp3) is 0.786. The van der Waals surface area contributed by atoms with Crippen molar-refractivity contribution in [2.45, 2.75) is 32.7 Å². The molecule has 0 amide bonds. The molecule has 0 radical (unpaired) electrons. The van der Waals surface area contributed by atoms with Gasteiger partial charge in [0.15, 0.2) is 0 Å². The lowest BCUT2D eigenvalue weighted by Gasteiger charge is -2.21. The maximum Gasteiger partial charge on any atom is 0.328 e. The molecule has 21 heavy (non-hydrogen) atoms. The first-order valence-corrected chi connectivity index (χ1v) is 7.23. The zero-order valence-corrected chi connectivity index (χ0v) is 14.6. The summed E-state index contributed by atoms with van der Waals surface area (Å²) in [5.74, 6) is -0.235. The van der Waals surface area contributed by atoms with Gasteiger partial charge in [0, 0.05) is 19.0 Å². The molecule has 1 unspecified atom stereocenters. The number of nitrogens with zero attached hydrogens (tertiary/aromatic N) is 1. The Kier molecular flexibility index (Phi) is 12.4. The average Bonchev–Trinajstić information content (AvgIpc) is 2.98. The van der Waals surface area contributed by atoms with Gasteiger partial charge in [-0.25, -0.2) is 4.79 Å². The summed E-state index contributed by atoms with van der Waals surface area (Å²) >= 11 is 0. The van der Waals surface area contributed by atoms with Gasteiger partial charge in [-0.05, 0) is 13.3 Å². The number of esters is 1. The van der Waals surface area contributed by atoms with Crippen LogP contribution >= 0.6 is 17.0 Å². The summed E-state index contributed by atoms with van der Waals surface area (Å²) in [6.07, 6.45) is 5.87. The van der Waals surface area contributed by atoms with E-state index in [9.17, 15) is 4.79 Å². The second-order valence-electron chi connectivity index (χ2n) is 4.61. The largest absolute Gasteiger partial charge is 0.462 e. The monoisotopic (exact) mass is 366 g/mol. The molecule has 1 aliphatic rings. The minimum absolute atomic E-state index is 0. The zero-order valence-electron chi connectivity index (χ0n) is 12.9. The predicted molar refractivity (Wildman–Crippen MR) is 86.3 cm³/mol. The molecule has 0 fully saturated rings. The van der Waals surface area contributed by atoms with E-state index < -0.39 is 0 Å². The second-order valence-corrected chi connectivity index (χ2v) is 4.61. The van der Waals surface area contributed by atoms with Gasteiger partial charge >= 0.3 is 5.97 Å². The minimum atomic E-state index is -0.279. The van der Waals surface area contributed by atoms with Gasteiger partial charge in [-0.1, -0.05) is 13.3 Å². The number of unbranched alkanes of at least 4 members (excludes halogenated alkanes) is 1. The average molecular weight is 367 g/mol. The van der Waals surface area contributed by atoms with Gasteiger partial charge in [-0.3, -0.25) is 0 Å². The Morgan fingerprint density at radius 1 is 1.24 bits per heavy atom. The fourth-order valence-corrected chi connectivity index (χ4v) is 1.65. The van der Waals surface area contributed by atoms with Crippen LogP contribution in [0.4, 0.5) is 0 Å². The standard InChI is InChI=1S/C14H26N2O4.BrH/c1-3-4-7-18-8-9-19-10-11-20-14(17)13(2)16-6-5-15-12-16;/h5-6,13,15H,3-4,7-12H2,1-2H3;1H. The van der Waals surface area contributed by atoms with Crippen molar-refractivity contribution in [3.05, 3.63) is 12.4 Å². The summed E-state index contributed by atoms with van der Waals surface area (Å²) in [6.45, 7) is 7.19. The van der Waals surface area contributed by atoms with Crippen molar-refractivity contribution >= 4 is 23.0 Å². The maximum absolute atomic E-state index is 11.7. The molecule has 6 nitrogen and oxygen atoms in total. The molecule has 0 aromatic carbocycles. The van der Waals surface area contributed by atoms with Gasteiger partial charge in [0.25, 0.3) is 0 Å². The van der Waals surface area contributed by atoms with E-state index in [0.717, 1.165) is 19.4 Å². The van der Waals surface area contributed by atoms with Gasteiger partial charge in [0.05, 0.1) is 26.5 Å². The molecule has 7 heteroatoms. The summed E-state index contributed by atoms with van der Waals surface area (Å²) in [7, 11) is 0. The van der Waals surface area contributed by atoms with E-state index in [-0.39, 0.29) is 35.6 Å². The van der Waals surface area contributed by atoms with Crippen LogP contribution < -0.4 is 5.32 Å². The highest BCUT2D eigenvalue weighted by atomic mass is 79.9. The molecule has 1 atom stereocenters. The molecular weight excluding hydrogens is 340 g/mol. The quantitative estimate of drug-likeness (QED) is 0.443. The van der Waals surface area contributed by atoms with E-state index >= 15 is 0 Å². The SMILES string of the molecule is Br.CCCCOCCOCCOC(=O)C(C)N1C=CNC1. The Morgan fingerprint density at radius 3 is 2.52 bits per heavy atom. The van der Waals surface area contributed by atoms with Gasteiger partial charge in [0.2, 0.25) is 0 Å². The third-order valence-electron chi connectivity index (χ3n) is 2.98. The second kappa shape index (κ2) is 12.9. The molecule has 124 valence electrons. The van der Waals surface area contributed by atoms with Crippen LogP contribution in [0.5, 0.6) is 0 Å². The fourth-order valence-electron chi connectivity index (χ4n) is 1.65. The third-order valence-corrected chi connectivity index (χ3v) is 2.98. The smallest absolute Gasteiger partial charge is 0.328 e. The number of carbonyl (C=O) groups is 1. The van der Waals surface area contributed by atoms with Gasteiger partial charge in [-0.2, -0.15) is 0 Å². The molecule has 0 saturated carbocycles. The predicted octanol–water partition coefficient (Wildman–Crippen LogP) is 1.66. The van der Waals surface area contributed by atoms with Crippen LogP contribution in [0, 0.1) is 0 Å². The molecule has 0 aromatic heterocycles. The van der Waals surface area contributed by atoms with Crippen molar-refractivity contribution in [2.24, 2.45) is 0 Å². The van der Waals surface area contributed by atoms with Crippen molar-refractivity contribution < 1.29 is 19.0 Å². The minimum Gasteiger partial charge on any atom is -0.462 e. The lowest BCUT2D eigenvalue weighted by Crippen LogP contribution is -2.37. The molecular formula is C14H27BrN2O4. The number of nitrogens with one attached hydrogen (secondary N) is 1. The lowest BCUT2D eigenvalue weighted by atomic mass is 10.3. The highest BCUT2D eigenvalue weighted by Crippen LogP contribution is 2.04. The van der Waals surface area contributed by atoms with Crippen LogP contribution in [0.25, 0.3) is 0 Å². The summed E-state index contributed by atoms with van der Waals surface area (Å²) in [4.78, 5) is 13.6. The number of hydrogen-bond acceptors (Lipinski definition) is 6. The summed E-state index contributed by atoms with van der Waals surface area (Å²) in [5.41, 5.74) is 0. The first-order chi connectivity index (χ1) is 9.75. The van der Waals surface area contributed by atoms with E-state index in [1.54, 1.807) is 0 Å². The first kappa shape index (κ1) is 20.2. The van der Waals surface area contributed by atoms with Crippen molar-refractivity contribution in [3.8, 4) is 0 Å². The van der Waals surface area contributed by atoms with Crippen molar-refractivity contribution in [3.63, 3.8) is 0 Å². The molecule has 0 spiro atoms. The number of hydrogen-bond donors (Lipinski definition) is 1. The number of carbonyl (C=O) groups excluding carboxylic acids is 1. The van der Waals surface area contributed by atoms with Crippen LogP contribution in [0.1, 0.15) is 26.7 Å². The molecule has 0 aromatic rings. The normalized spacial score (nSPS) is 14.5. The van der Waals surface area contributed by atoms with Gasteiger partial charge < -0.3 is 24.4 Å². The molecule has 0 aliphatic carbocycles. The highest BCUT2D eigenvalue weighted by Gasteiger charge is 2.21. The van der Waals surface area contributed by atoms with Crippen molar-refractivity contribution in [1.82, 2.24) is 10.2 Å². The van der Waals surface area contributed by atoms with Crippen LogP contribution in [0.3, 0.4) is 0 Å². The number of halogens is 1. The van der Waals surface area contributed by atoms with E-state index in [1.165, 1.54) is 0 Å². The first-order valence-electron chi connectivity index (χ1n) is 7.23. The van der Waals surface area contributed by atoms with E-state index in [1.807, 2.05) is 24.2 Å². The Bertz CT molecular complexity index is 303. The third kappa shape index (κ3) is 8.95. The van der Waals surface area contributed by atoms with Crippen molar-refractivity contribution in [2.75, 3.05) is 39.7 Å². The van der Waals surface area contributed by atoms with Crippen molar-refractivity contribution in [1.29, 1.82) is 0 Å². The molecule has 1 aliphatic heterocycles. The Labute approximate surface area is 137 Å². The maximum atomic E-state index is 11.7. The van der Waals surface area contributed by atoms with Crippen LogP contribution in [0.15, 0.2) is 12.4 Å². The zero-order chi connectivity index (χ0) is 14.6. The molecule has 0 saturated heterocycles. The summed E-state index contributed by atoms with van der Waals surface area (Å²) in [5, 5.41) is 3.01. The molecule has 0 bridgehead atoms. The van der Waals surface area contributed by atoms with Crippen LogP contribution in [-0.4, -0.2) is 56.6 Å².